The lowest BCUT2D eigenvalue weighted by molar-refractivity contribution is 0.206. The molecular weight excluding hydrogens is 336 g/mol. The molecule has 2 aromatic rings. The van der Waals surface area contributed by atoms with E-state index < -0.39 is 0 Å². The zero-order valence-electron chi connectivity index (χ0n) is 13.8. The Morgan fingerprint density at radius 3 is 2.96 bits per heavy atom. The molecule has 128 valence electrons. The van der Waals surface area contributed by atoms with Crippen LogP contribution in [0.1, 0.15) is 42.1 Å². The van der Waals surface area contributed by atoms with Gasteiger partial charge in [0.25, 0.3) is 0 Å². The van der Waals surface area contributed by atoms with Crippen LogP contribution >= 0.6 is 11.6 Å². The fourth-order valence-electron chi connectivity index (χ4n) is 4.10. The molecule has 3 aliphatic rings. The number of amides is 2. The maximum absolute atomic E-state index is 12.6. The van der Waals surface area contributed by atoms with Crippen LogP contribution in [0, 0.1) is 0 Å². The second-order valence-electron chi connectivity index (χ2n) is 7.17. The van der Waals surface area contributed by atoms with Gasteiger partial charge in [-0.25, -0.2) is 4.79 Å². The lowest BCUT2D eigenvalue weighted by atomic mass is 9.92. The van der Waals surface area contributed by atoms with E-state index in [0.29, 0.717) is 24.0 Å². The Morgan fingerprint density at radius 1 is 1.32 bits per heavy atom. The van der Waals surface area contributed by atoms with Gasteiger partial charge in [-0.1, -0.05) is 28.8 Å². The van der Waals surface area contributed by atoms with Crippen molar-refractivity contribution in [2.24, 2.45) is 0 Å². The van der Waals surface area contributed by atoms with Crippen molar-refractivity contribution in [3.63, 3.8) is 0 Å². The molecule has 6 heteroatoms. The van der Waals surface area contributed by atoms with Crippen molar-refractivity contribution in [3.8, 4) is 0 Å². The minimum Gasteiger partial charge on any atom is -0.320 e. The van der Waals surface area contributed by atoms with E-state index in [1.807, 2.05) is 17.0 Å². The van der Waals surface area contributed by atoms with E-state index in [1.165, 1.54) is 23.4 Å². The van der Waals surface area contributed by atoms with Crippen LogP contribution in [0.4, 0.5) is 10.5 Å². The Balaban J connectivity index is 1.31. The van der Waals surface area contributed by atoms with Gasteiger partial charge >= 0.3 is 6.03 Å². The van der Waals surface area contributed by atoms with Gasteiger partial charge < -0.3 is 10.2 Å². The Morgan fingerprint density at radius 2 is 2.16 bits per heavy atom. The average molecular weight is 355 g/mol. The van der Waals surface area contributed by atoms with Crippen molar-refractivity contribution < 1.29 is 4.79 Å². The third-order valence-electron chi connectivity index (χ3n) is 5.50. The number of anilines is 1. The predicted molar refractivity (Wildman–Crippen MR) is 96.8 cm³/mol. The molecule has 5 nitrogen and oxygen atoms in total. The van der Waals surface area contributed by atoms with E-state index in [0.717, 1.165) is 24.9 Å². The molecule has 0 saturated carbocycles. The van der Waals surface area contributed by atoms with Crippen LogP contribution in [0.5, 0.6) is 0 Å². The van der Waals surface area contributed by atoms with Gasteiger partial charge in [0.15, 0.2) is 0 Å². The fraction of sp³-hybridized carbons (Fsp3) is 0.368. The van der Waals surface area contributed by atoms with Gasteiger partial charge in [-0.2, -0.15) is 5.10 Å². The number of hydrogen-bond donors (Lipinski definition) is 2. The minimum atomic E-state index is -0.0851. The predicted octanol–water partition coefficient (Wildman–Crippen LogP) is 4.23. The number of nitrogens with zero attached hydrogens (tertiary/aromatic N) is 2. The standard InChI is InChI=1S/C19H19ClN4O/c20-14-2-1-3-15(9-14)21-19(25)24-5-4-17-16(10-24)18(23-22-17)13-7-11-6-12(11)8-13/h1-3,9,13H,4-8,10H2,(H,21,25)(H,22,23). The molecule has 0 radical (unpaired) electrons. The van der Waals surface area contributed by atoms with Crippen LogP contribution in [0.15, 0.2) is 35.4 Å². The smallest absolute Gasteiger partial charge is 0.320 e. The minimum absolute atomic E-state index is 0.0851. The van der Waals surface area contributed by atoms with Gasteiger partial charge in [-0.15, -0.1) is 0 Å². The number of fused-ring (bicyclic) bond motifs is 1. The molecule has 1 aliphatic heterocycles. The lowest BCUT2D eigenvalue weighted by Gasteiger charge is -2.28. The summed E-state index contributed by atoms with van der Waals surface area (Å²) in [4.78, 5) is 14.5. The van der Waals surface area contributed by atoms with E-state index >= 15 is 0 Å². The number of nitrogens with one attached hydrogen (secondary N) is 2. The molecule has 1 aromatic heterocycles. The molecule has 0 saturated heterocycles. The van der Waals surface area contributed by atoms with Crippen molar-refractivity contribution in [1.82, 2.24) is 15.1 Å². The van der Waals surface area contributed by atoms with E-state index in [2.05, 4.69) is 15.5 Å². The average Bonchev–Trinajstić information content (AvgIpc) is 3.04. The summed E-state index contributed by atoms with van der Waals surface area (Å²) >= 11 is 5.99. The summed E-state index contributed by atoms with van der Waals surface area (Å²) in [5.41, 5.74) is 7.57. The highest BCUT2D eigenvalue weighted by Crippen LogP contribution is 2.52. The van der Waals surface area contributed by atoms with E-state index in [1.54, 1.807) is 23.3 Å². The maximum Gasteiger partial charge on any atom is 0.322 e. The molecule has 5 rings (SSSR count). The molecule has 1 aromatic carbocycles. The first-order valence-electron chi connectivity index (χ1n) is 8.74. The summed E-state index contributed by atoms with van der Waals surface area (Å²) < 4.78 is 0. The van der Waals surface area contributed by atoms with E-state index in [4.69, 9.17) is 11.6 Å². The number of rotatable bonds is 2. The first kappa shape index (κ1) is 15.0. The van der Waals surface area contributed by atoms with Crippen molar-refractivity contribution in [2.45, 2.75) is 38.1 Å². The number of H-pyrrole nitrogens is 1. The normalized spacial score (nSPS) is 19.0. The molecule has 25 heavy (non-hydrogen) atoms. The van der Waals surface area contributed by atoms with Gasteiger partial charge in [-0.05, 0) is 37.5 Å². The summed E-state index contributed by atoms with van der Waals surface area (Å²) in [5.74, 6) is 0.509. The van der Waals surface area contributed by atoms with Crippen LogP contribution in [0.25, 0.3) is 0 Å². The third kappa shape index (κ3) is 2.72. The zero-order chi connectivity index (χ0) is 17.0. The summed E-state index contributed by atoms with van der Waals surface area (Å²) in [6.07, 6.45) is 4.38. The number of halogens is 1. The number of aromatic nitrogens is 2. The number of aromatic amines is 1. The number of hydrogen-bond acceptors (Lipinski definition) is 2. The van der Waals surface area contributed by atoms with Gasteiger partial charge in [-0.3, -0.25) is 5.10 Å². The number of carbonyl (C=O) groups excluding carboxylic acids is 1. The van der Waals surface area contributed by atoms with Crippen LogP contribution < -0.4 is 5.32 Å². The zero-order valence-corrected chi connectivity index (χ0v) is 14.6. The summed E-state index contributed by atoms with van der Waals surface area (Å²) in [6.45, 7) is 1.31. The Hall–Kier alpha value is -2.27. The van der Waals surface area contributed by atoms with Crippen LogP contribution in [-0.2, 0) is 13.0 Å². The summed E-state index contributed by atoms with van der Waals surface area (Å²) in [5, 5.41) is 11.4. The highest BCUT2D eigenvalue weighted by atomic mass is 35.5. The van der Waals surface area contributed by atoms with Gasteiger partial charge in [0, 0.05) is 40.9 Å². The largest absolute Gasteiger partial charge is 0.322 e. The molecule has 0 unspecified atom stereocenters. The number of allylic oxidation sites excluding steroid dienone is 2. The van der Waals surface area contributed by atoms with Crippen molar-refractivity contribution in [1.29, 1.82) is 0 Å². The third-order valence-corrected chi connectivity index (χ3v) is 5.74. The second-order valence-corrected chi connectivity index (χ2v) is 7.60. The maximum atomic E-state index is 12.6. The molecule has 2 N–H and O–H groups in total. The van der Waals surface area contributed by atoms with Gasteiger partial charge in [0.2, 0.25) is 0 Å². The Bertz CT molecular complexity index is 887. The Kier molecular flexibility index (Phi) is 3.38. The molecule has 0 spiro atoms. The number of benzene rings is 1. The number of carbonyl (C=O) groups is 1. The van der Waals surface area contributed by atoms with Crippen LogP contribution in [0.2, 0.25) is 5.02 Å². The molecule has 2 amide bonds. The summed E-state index contributed by atoms with van der Waals surface area (Å²) in [6, 6.07) is 7.16. The van der Waals surface area contributed by atoms with Crippen LogP contribution in [0.3, 0.4) is 0 Å². The quantitative estimate of drug-likeness (QED) is 0.793. The molecule has 0 bridgehead atoms. The van der Waals surface area contributed by atoms with E-state index in [9.17, 15) is 4.79 Å². The van der Waals surface area contributed by atoms with Gasteiger partial charge in [0.05, 0.1) is 12.2 Å². The Labute approximate surface area is 151 Å². The van der Waals surface area contributed by atoms with Crippen molar-refractivity contribution in [2.75, 3.05) is 11.9 Å². The number of urea groups is 1. The molecule has 0 fully saturated rings. The summed E-state index contributed by atoms with van der Waals surface area (Å²) in [7, 11) is 0. The SMILES string of the molecule is O=C(Nc1cccc(Cl)c1)N1CCc2[nH]nc(C3CC4=C(C4)C3)c2C1. The highest BCUT2D eigenvalue weighted by Gasteiger charge is 2.37. The van der Waals surface area contributed by atoms with Crippen molar-refractivity contribution >= 4 is 23.3 Å². The first-order chi connectivity index (χ1) is 12.2. The molecular formula is C19H19ClN4O. The molecule has 2 aliphatic carbocycles. The van der Waals surface area contributed by atoms with Crippen LogP contribution in [-0.4, -0.2) is 27.7 Å². The lowest BCUT2D eigenvalue weighted by Crippen LogP contribution is -2.39. The topological polar surface area (TPSA) is 61.0 Å². The molecule has 2 heterocycles. The second kappa shape index (κ2) is 5.63. The van der Waals surface area contributed by atoms with Crippen molar-refractivity contribution in [3.05, 3.63) is 57.4 Å². The first-order valence-corrected chi connectivity index (χ1v) is 9.12. The monoisotopic (exact) mass is 354 g/mol. The van der Waals surface area contributed by atoms with E-state index in [-0.39, 0.29) is 6.03 Å². The fourth-order valence-corrected chi connectivity index (χ4v) is 4.29. The van der Waals surface area contributed by atoms with Gasteiger partial charge in [0.1, 0.15) is 0 Å². The highest BCUT2D eigenvalue weighted by molar-refractivity contribution is 6.30. The molecule has 0 atom stereocenters.